The van der Waals surface area contributed by atoms with Gasteiger partial charge in [-0.2, -0.15) is 4.31 Å². The summed E-state index contributed by atoms with van der Waals surface area (Å²) < 4.78 is 51.1. The maximum absolute atomic E-state index is 13.9. The SMILES string of the molecule is COc1ccc(S(=O)(=O)N2CCCN(C(=O)C3CCOCC3)CC2)cc1F. The van der Waals surface area contributed by atoms with Crippen molar-refractivity contribution in [1.29, 1.82) is 0 Å². The first-order chi connectivity index (χ1) is 12.9. The molecule has 0 saturated carbocycles. The van der Waals surface area contributed by atoms with Gasteiger partial charge in [0.15, 0.2) is 11.6 Å². The Morgan fingerprint density at radius 1 is 1.19 bits per heavy atom. The van der Waals surface area contributed by atoms with E-state index in [1.807, 2.05) is 0 Å². The Morgan fingerprint density at radius 2 is 1.93 bits per heavy atom. The molecule has 2 heterocycles. The van der Waals surface area contributed by atoms with E-state index >= 15 is 0 Å². The molecule has 0 radical (unpaired) electrons. The topological polar surface area (TPSA) is 76.2 Å². The summed E-state index contributed by atoms with van der Waals surface area (Å²) in [4.78, 5) is 14.3. The number of hydrogen-bond donors (Lipinski definition) is 0. The minimum atomic E-state index is -3.83. The first-order valence-corrected chi connectivity index (χ1v) is 10.6. The third-order valence-electron chi connectivity index (χ3n) is 5.10. The van der Waals surface area contributed by atoms with Crippen LogP contribution in [0.4, 0.5) is 4.39 Å². The number of halogens is 1. The van der Waals surface area contributed by atoms with Crippen LogP contribution in [0.25, 0.3) is 0 Å². The molecule has 9 heteroatoms. The Hall–Kier alpha value is -1.71. The Bertz CT molecular complexity index is 780. The highest BCUT2D eigenvalue weighted by molar-refractivity contribution is 7.89. The van der Waals surface area contributed by atoms with Gasteiger partial charge in [0.05, 0.1) is 12.0 Å². The zero-order chi connectivity index (χ0) is 19.4. The lowest BCUT2D eigenvalue weighted by Gasteiger charge is -2.28. The van der Waals surface area contributed by atoms with Crippen LogP contribution in [0, 0.1) is 11.7 Å². The van der Waals surface area contributed by atoms with Crippen LogP contribution in [-0.2, 0) is 19.6 Å². The highest BCUT2D eigenvalue weighted by atomic mass is 32.2. The molecule has 2 aliphatic heterocycles. The average Bonchev–Trinajstić information content (AvgIpc) is 2.95. The summed E-state index contributed by atoms with van der Waals surface area (Å²) in [6.07, 6.45) is 1.97. The molecule has 2 aliphatic rings. The number of rotatable bonds is 4. The number of sulfonamides is 1. The minimum absolute atomic E-state index is 0.00181. The van der Waals surface area contributed by atoms with Gasteiger partial charge < -0.3 is 14.4 Å². The highest BCUT2D eigenvalue weighted by Gasteiger charge is 2.31. The lowest BCUT2D eigenvalue weighted by atomic mass is 9.98. The summed E-state index contributed by atoms with van der Waals surface area (Å²) in [5, 5.41) is 0. The molecule has 2 fully saturated rings. The lowest BCUT2D eigenvalue weighted by Crippen LogP contribution is -2.41. The highest BCUT2D eigenvalue weighted by Crippen LogP contribution is 2.25. The van der Waals surface area contributed by atoms with Crippen LogP contribution in [0.3, 0.4) is 0 Å². The molecular formula is C18H25FN2O5S. The van der Waals surface area contributed by atoms with Crippen LogP contribution in [0.2, 0.25) is 0 Å². The average molecular weight is 400 g/mol. The fraction of sp³-hybridized carbons (Fsp3) is 0.611. The van der Waals surface area contributed by atoms with E-state index in [1.54, 1.807) is 4.90 Å². The molecule has 150 valence electrons. The van der Waals surface area contributed by atoms with Gasteiger partial charge in [0.2, 0.25) is 15.9 Å². The van der Waals surface area contributed by atoms with Gasteiger partial charge in [0, 0.05) is 45.3 Å². The first kappa shape index (κ1) is 20.0. The van der Waals surface area contributed by atoms with Gasteiger partial charge >= 0.3 is 0 Å². The van der Waals surface area contributed by atoms with Crippen molar-refractivity contribution in [3.05, 3.63) is 24.0 Å². The molecule has 0 N–H and O–H groups in total. The number of carbonyl (C=O) groups excluding carboxylic acids is 1. The maximum Gasteiger partial charge on any atom is 0.243 e. The number of ether oxygens (including phenoxy) is 2. The molecule has 0 atom stereocenters. The molecule has 1 aromatic carbocycles. The lowest BCUT2D eigenvalue weighted by molar-refractivity contribution is -0.138. The van der Waals surface area contributed by atoms with Crippen molar-refractivity contribution < 1.29 is 27.1 Å². The Balaban J connectivity index is 1.69. The molecule has 0 aliphatic carbocycles. The molecule has 0 unspecified atom stereocenters. The standard InChI is InChI=1S/C18H25FN2O5S/c1-25-17-4-3-15(13-16(17)19)27(23,24)21-8-2-7-20(9-10-21)18(22)14-5-11-26-12-6-14/h3-4,13-14H,2,5-12H2,1H3. The van der Waals surface area contributed by atoms with Gasteiger partial charge in [0.25, 0.3) is 0 Å². The fourth-order valence-electron chi connectivity index (χ4n) is 3.51. The summed E-state index contributed by atoms with van der Waals surface area (Å²) in [5.74, 6) is -0.687. The monoisotopic (exact) mass is 400 g/mol. The van der Waals surface area contributed by atoms with Crippen molar-refractivity contribution in [3.8, 4) is 5.75 Å². The second-order valence-corrected chi connectivity index (χ2v) is 8.70. The zero-order valence-electron chi connectivity index (χ0n) is 15.4. The van der Waals surface area contributed by atoms with Crippen LogP contribution in [0.15, 0.2) is 23.1 Å². The molecule has 1 aromatic rings. The number of amides is 1. The molecule has 0 bridgehead atoms. The van der Waals surface area contributed by atoms with Crippen molar-refractivity contribution in [3.63, 3.8) is 0 Å². The molecule has 2 saturated heterocycles. The van der Waals surface area contributed by atoms with E-state index in [-0.39, 0.29) is 29.0 Å². The Kier molecular flexibility index (Phi) is 6.33. The van der Waals surface area contributed by atoms with Crippen molar-refractivity contribution in [1.82, 2.24) is 9.21 Å². The van der Waals surface area contributed by atoms with E-state index in [0.717, 1.165) is 6.07 Å². The summed E-state index contributed by atoms with van der Waals surface area (Å²) in [7, 11) is -2.50. The molecular weight excluding hydrogens is 375 g/mol. The summed E-state index contributed by atoms with van der Waals surface area (Å²) in [6, 6.07) is 3.62. The molecule has 7 nitrogen and oxygen atoms in total. The number of carbonyl (C=O) groups is 1. The van der Waals surface area contributed by atoms with Crippen molar-refractivity contribution in [2.45, 2.75) is 24.2 Å². The van der Waals surface area contributed by atoms with Gasteiger partial charge in [-0.1, -0.05) is 0 Å². The number of hydrogen-bond acceptors (Lipinski definition) is 5. The van der Waals surface area contributed by atoms with E-state index in [1.165, 1.54) is 23.5 Å². The van der Waals surface area contributed by atoms with Gasteiger partial charge in [0.1, 0.15) is 0 Å². The smallest absolute Gasteiger partial charge is 0.243 e. The molecule has 3 rings (SSSR count). The normalized spacial score (nSPS) is 20.3. The Labute approximate surface area is 159 Å². The van der Waals surface area contributed by atoms with Crippen molar-refractivity contribution >= 4 is 15.9 Å². The summed E-state index contributed by atoms with van der Waals surface area (Å²) in [5.41, 5.74) is 0. The largest absolute Gasteiger partial charge is 0.494 e. The minimum Gasteiger partial charge on any atom is -0.494 e. The quantitative estimate of drug-likeness (QED) is 0.765. The predicted octanol–water partition coefficient (Wildman–Crippen LogP) is 1.48. The van der Waals surface area contributed by atoms with Gasteiger partial charge in [-0.25, -0.2) is 12.8 Å². The van der Waals surface area contributed by atoms with E-state index in [9.17, 15) is 17.6 Å². The summed E-state index contributed by atoms with van der Waals surface area (Å²) >= 11 is 0. The van der Waals surface area contributed by atoms with Gasteiger partial charge in [-0.15, -0.1) is 0 Å². The molecule has 1 amide bonds. The van der Waals surface area contributed by atoms with E-state index in [4.69, 9.17) is 9.47 Å². The number of methoxy groups -OCH3 is 1. The third kappa shape index (κ3) is 4.41. The van der Waals surface area contributed by atoms with Crippen LogP contribution >= 0.6 is 0 Å². The van der Waals surface area contributed by atoms with Crippen molar-refractivity contribution in [2.24, 2.45) is 5.92 Å². The van der Waals surface area contributed by atoms with Gasteiger partial charge in [-0.3, -0.25) is 4.79 Å². The molecule has 0 spiro atoms. The maximum atomic E-state index is 13.9. The van der Waals surface area contributed by atoms with E-state index in [0.29, 0.717) is 52.1 Å². The van der Waals surface area contributed by atoms with Crippen LogP contribution in [0.5, 0.6) is 5.75 Å². The Morgan fingerprint density at radius 3 is 2.59 bits per heavy atom. The van der Waals surface area contributed by atoms with Gasteiger partial charge in [-0.05, 0) is 37.5 Å². The zero-order valence-corrected chi connectivity index (χ0v) is 16.2. The van der Waals surface area contributed by atoms with Crippen molar-refractivity contribution in [2.75, 3.05) is 46.5 Å². The third-order valence-corrected chi connectivity index (χ3v) is 6.99. The second kappa shape index (κ2) is 8.53. The summed E-state index contributed by atoms with van der Waals surface area (Å²) in [6.45, 7) is 2.55. The molecule has 0 aromatic heterocycles. The fourth-order valence-corrected chi connectivity index (χ4v) is 5.00. The van der Waals surface area contributed by atoms with Crippen LogP contribution < -0.4 is 4.74 Å². The number of benzene rings is 1. The predicted molar refractivity (Wildman–Crippen MR) is 96.5 cm³/mol. The molecule has 27 heavy (non-hydrogen) atoms. The van der Waals surface area contributed by atoms with Crippen LogP contribution in [0.1, 0.15) is 19.3 Å². The number of nitrogens with zero attached hydrogens (tertiary/aromatic N) is 2. The van der Waals surface area contributed by atoms with Crippen LogP contribution in [-0.4, -0.2) is 70.0 Å². The first-order valence-electron chi connectivity index (χ1n) is 9.13. The second-order valence-electron chi connectivity index (χ2n) is 6.77. The van der Waals surface area contributed by atoms with E-state index < -0.39 is 15.8 Å². The van der Waals surface area contributed by atoms with E-state index in [2.05, 4.69) is 0 Å².